The van der Waals surface area contributed by atoms with Gasteiger partial charge in [0.1, 0.15) is 6.04 Å². The summed E-state index contributed by atoms with van der Waals surface area (Å²) >= 11 is 1.55. The van der Waals surface area contributed by atoms with Gasteiger partial charge >= 0.3 is 0 Å². The lowest BCUT2D eigenvalue weighted by Gasteiger charge is -2.22. The van der Waals surface area contributed by atoms with Crippen molar-refractivity contribution in [3.8, 4) is 0 Å². The lowest BCUT2D eigenvalue weighted by atomic mass is 10.2. The van der Waals surface area contributed by atoms with Crippen LogP contribution in [0, 0.1) is 0 Å². The van der Waals surface area contributed by atoms with Gasteiger partial charge in [-0.15, -0.1) is 11.8 Å². The normalized spacial score (nSPS) is 18.4. The molecule has 102 valence electrons. The van der Waals surface area contributed by atoms with E-state index in [4.69, 9.17) is 0 Å². The van der Waals surface area contributed by atoms with Crippen LogP contribution in [0.1, 0.15) is 19.8 Å². The molecular weight excluding hydrogens is 262 g/mol. The average Bonchev–Trinajstić information content (AvgIpc) is 2.89. The van der Waals surface area contributed by atoms with Crippen molar-refractivity contribution in [1.82, 2.24) is 9.88 Å². The summed E-state index contributed by atoms with van der Waals surface area (Å²) in [6, 6.07) is 3.33. The third kappa shape index (κ3) is 3.26. The number of carbonyl (C=O) groups excluding carboxylic acids is 2. The van der Waals surface area contributed by atoms with Crippen LogP contribution in [0.5, 0.6) is 0 Å². The molecule has 0 aliphatic carbocycles. The molecule has 2 rings (SSSR count). The van der Waals surface area contributed by atoms with Crippen molar-refractivity contribution >= 4 is 29.3 Å². The van der Waals surface area contributed by atoms with Crippen molar-refractivity contribution in [3.05, 3.63) is 18.3 Å². The van der Waals surface area contributed by atoms with Crippen molar-refractivity contribution < 1.29 is 9.59 Å². The predicted molar refractivity (Wildman–Crippen MR) is 75.1 cm³/mol. The molecular formula is C13H17N3O2S. The molecule has 1 aliphatic heterocycles. The van der Waals surface area contributed by atoms with Crippen molar-refractivity contribution in [2.75, 3.05) is 18.1 Å². The summed E-state index contributed by atoms with van der Waals surface area (Å²) in [6.45, 7) is 2.16. The van der Waals surface area contributed by atoms with Crippen LogP contribution in [0.3, 0.4) is 0 Å². The van der Waals surface area contributed by atoms with E-state index in [0.29, 0.717) is 12.2 Å². The monoisotopic (exact) mass is 279 g/mol. The molecule has 2 heterocycles. The number of hydrogen-bond donors (Lipinski definition) is 1. The van der Waals surface area contributed by atoms with Gasteiger partial charge in [-0.3, -0.25) is 9.59 Å². The van der Waals surface area contributed by atoms with E-state index in [1.807, 2.05) is 18.4 Å². The van der Waals surface area contributed by atoms with Gasteiger partial charge in [0.15, 0.2) is 0 Å². The first-order chi connectivity index (χ1) is 9.11. The van der Waals surface area contributed by atoms with Crippen molar-refractivity contribution in [3.63, 3.8) is 0 Å². The minimum absolute atomic E-state index is 0.0477. The van der Waals surface area contributed by atoms with Crippen molar-refractivity contribution in [1.29, 1.82) is 0 Å². The van der Waals surface area contributed by atoms with Gasteiger partial charge < -0.3 is 10.2 Å². The van der Waals surface area contributed by atoms with Crippen molar-refractivity contribution in [2.45, 2.75) is 30.8 Å². The molecule has 1 saturated heterocycles. The second-order valence-electron chi connectivity index (χ2n) is 4.45. The molecule has 5 nitrogen and oxygen atoms in total. The van der Waals surface area contributed by atoms with Gasteiger partial charge in [0, 0.05) is 13.5 Å². The fourth-order valence-electron chi connectivity index (χ4n) is 2.22. The van der Waals surface area contributed by atoms with E-state index in [1.54, 1.807) is 22.9 Å². The Labute approximate surface area is 116 Å². The third-order valence-electron chi connectivity index (χ3n) is 3.17. The number of likely N-dealkylation sites (tertiary alicyclic amines) is 1. The number of rotatable bonds is 3. The topological polar surface area (TPSA) is 62.3 Å². The van der Waals surface area contributed by atoms with Crippen LogP contribution in [0.4, 0.5) is 5.69 Å². The van der Waals surface area contributed by atoms with Crippen LogP contribution in [0.25, 0.3) is 0 Å². The molecule has 0 spiro atoms. The molecule has 1 atom stereocenters. The molecule has 0 aromatic carbocycles. The summed E-state index contributed by atoms with van der Waals surface area (Å²) in [5, 5.41) is 3.72. The summed E-state index contributed by atoms with van der Waals surface area (Å²) in [6.07, 6.45) is 5.18. The van der Waals surface area contributed by atoms with E-state index in [-0.39, 0.29) is 17.9 Å². The Morgan fingerprint density at radius 3 is 2.84 bits per heavy atom. The maximum absolute atomic E-state index is 12.1. The Hall–Kier alpha value is -1.56. The smallest absolute Gasteiger partial charge is 0.247 e. The largest absolute Gasteiger partial charge is 0.331 e. The van der Waals surface area contributed by atoms with Gasteiger partial charge in [-0.1, -0.05) is 0 Å². The second kappa shape index (κ2) is 6.06. The molecule has 0 bridgehead atoms. The fraction of sp³-hybridized carbons (Fsp3) is 0.462. The molecule has 2 amide bonds. The highest BCUT2D eigenvalue weighted by molar-refractivity contribution is 7.98. The maximum Gasteiger partial charge on any atom is 0.247 e. The quantitative estimate of drug-likeness (QED) is 0.856. The van der Waals surface area contributed by atoms with Crippen LogP contribution in [-0.2, 0) is 9.59 Å². The molecule has 1 aromatic rings. The summed E-state index contributed by atoms with van der Waals surface area (Å²) in [5.41, 5.74) is 0.665. The number of nitrogens with zero attached hydrogens (tertiary/aromatic N) is 2. The van der Waals surface area contributed by atoms with Crippen LogP contribution in [0.2, 0.25) is 0 Å². The number of pyridine rings is 1. The predicted octanol–water partition coefficient (Wildman–Crippen LogP) is 1.75. The highest BCUT2D eigenvalue weighted by atomic mass is 32.2. The number of nitrogens with one attached hydrogen (secondary N) is 1. The molecule has 1 N–H and O–H groups in total. The Balaban J connectivity index is 2.01. The fourth-order valence-corrected chi connectivity index (χ4v) is 2.58. The number of anilines is 1. The first kappa shape index (κ1) is 13.9. The first-order valence-corrected chi connectivity index (χ1v) is 7.42. The molecule has 0 radical (unpaired) electrons. The van der Waals surface area contributed by atoms with Gasteiger partial charge in [0.2, 0.25) is 11.8 Å². The molecule has 0 saturated carbocycles. The van der Waals surface area contributed by atoms with E-state index in [9.17, 15) is 9.59 Å². The highest BCUT2D eigenvalue weighted by Gasteiger charge is 2.32. The highest BCUT2D eigenvalue weighted by Crippen LogP contribution is 2.20. The van der Waals surface area contributed by atoms with Crippen LogP contribution >= 0.6 is 11.8 Å². The van der Waals surface area contributed by atoms with Gasteiger partial charge in [-0.05, 0) is 31.2 Å². The van der Waals surface area contributed by atoms with Gasteiger partial charge in [0.05, 0.1) is 16.9 Å². The van der Waals surface area contributed by atoms with Crippen LogP contribution in [-0.4, -0.2) is 40.5 Å². The lowest BCUT2D eigenvalue weighted by Crippen LogP contribution is -2.42. The third-order valence-corrected chi connectivity index (χ3v) is 3.83. The summed E-state index contributed by atoms with van der Waals surface area (Å²) in [7, 11) is 0. The molecule has 19 heavy (non-hydrogen) atoms. The molecule has 1 aromatic heterocycles. The van der Waals surface area contributed by atoms with E-state index in [1.165, 1.54) is 6.92 Å². The minimum atomic E-state index is -0.349. The van der Waals surface area contributed by atoms with E-state index in [2.05, 4.69) is 10.3 Å². The summed E-state index contributed by atoms with van der Waals surface area (Å²) in [5.74, 6) is -0.181. The Morgan fingerprint density at radius 1 is 1.47 bits per heavy atom. The van der Waals surface area contributed by atoms with E-state index in [0.717, 1.165) is 17.9 Å². The summed E-state index contributed by atoms with van der Waals surface area (Å²) < 4.78 is 0. The van der Waals surface area contributed by atoms with Gasteiger partial charge in [-0.25, -0.2) is 4.98 Å². The van der Waals surface area contributed by atoms with Gasteiger partial charge in [-0.2, -0.15) is 0 Å². The zero-order valence-electron chi connectivity index (χ0n) is 11.0. The molecule has 1 aliphatic rings. The van der Waals surface area contributed by atoms with Crippen LogP contribution < -0.4 is 5.32 Å². The molecule has 6 heteroatoms. The number of thioether (sulfide) groups is 1. The number of aromatic nitrogens is 1. The van der Waals surface area contributed by atoms with Crippen molar-refractivity contribution in [2.24, 2.45) is 0 Å². The maximum atomic E-state index is 12.1. The SMILES string of the molecule is CSc1ccc(NC(=O)C2CCCN2C(C)=O)cn1. The lowest BCUT2D eigenvalue weighted by molar-refractivity contribution is -0.134. The van der Waals surface area contributed by atoms with E-state index >= 15 is 0 Å². The number of carbonyl (C=O) groups is 2. The Bertz CT molecular complexity index is 475. The number of hydrogen-bond acceptors (Lipinski definition) is 4. The average molecular weight is 279 g/mol. The molecule has 1 fully saturated rings. The Morgan fingerprint density at radius 2 is 2.26 bits per heavy atom. The molecule has 1 unspecified atom stereocenters. The number of amides is 2. The zero-order valence-corrected chi connectivity index (χ0v) is 11.9. The first-order valence-electron chi connectivity index (χ1n) is 6.20. The summed E-state index contributed by atoms with van der Waals surface area (Å²) in [4.78, 5) is 29.4. The second-order valence-corrected chi connectivity index (χ2v) is 5.28. The van der Waals surface area contributed by atoms with E-state index < -0.39 is 0 Å². The minimum Gasteiger partial charge on any atom is -0.331 e. The standard InChI is InChI=1S/C13H17N3O2S/c1-9(17)16-7-3-4-11(16)13(18)15-10-5-6-12(19-2)14-8-10/h5-6,8,11H,3-4,7H2,1-2H3,(H,15,18). The van der Waals surface area contributed by atoms with Gasteiger partial charge in [0.25, 0.3) is 0 Å². The Kier molecular flexibility index (Phi) is 4.42. The van der Waals surface area contributed by atoms with Crippen LogP contribution in [0.15, 0.2) is 23.4 Å². The zero-order chi connectivity index (χ0) is 13.8.